The van der Waals surface area contributed by atoms with Crippen molar-refractivity contribution in [3.63, 3.8) is 0 Å². The minimum Gasteiger partial charge on any atom is -0.459 e. The number of ether oxygens (including phenoxy) is 1. The zero-order valence-corrected chi connectivity index (χ0v) is 20.0. The van der Waals surface area contributed by atoms with E-state index in [-0.39, 0.29) is 13.0 Å². The van der Waals surface area contributed by atoms with Crippen molar-refractivity contribution < 1.29 is 32.6 Å². The van der Waals surface area contributed by atoms with E-state index in [1.165, 1.54) is 11.1 Å². The molecule has 0 fully saturated rings. The van der Waals surface area contributed by atoms with Crippen molar-refractivity contribution in [3.05, 3.63) is 40.4 Å². The SMILES string of the molecule is CC(C)=CCC/C(C)=C/c1cc(C)c(COCP(=O)(CP(=O)(O)O)OC(C)C)o1. The largest absolute Gasteiger partial charge is 0.459 e. The molecule has 1 unspecified atom stereocenters. The van der Waals surface area contributed by atoms with Crippen LogP contribution >= 0.6 is 15.0 Å². The van der Waals surface area contributed by atoms with E-state index >= 15 is 0 Å². The summed E-state index contributed by atoms with van der Waals surface area (Å²) in [6.45, 7) is 11.4. The number of hydrogen-bond acceptors (Lipinski definition) is 5. The van der Waals surface area contributed by atoms with E-state index in [0.29, 0.717) is 11.5 Å². The molecule has 0 saturated heterocycles. The lowest BCUT2D eigenvalue weighted by molar-refractivity contribution is 0.127. The van der Waals surface area contributed by atoms with Gasteiger partial charge in [0.2, 0.25) is 7.37 Å². The van der Waals surface area contributed by atoms with Crippen molar-refractivity contribution in [1.29, 1.82) is 0 Å². The molecule has 29 heavy (non-hydrogen) atoms. The monoisotopic (exact) mass is 448 g/mol. The molecule has 1 heterocycles. The highest BCUT2D eigenvalue weighted by atomic mass is 31.2. The standard InChI is InChI=1S/C20H34O7P2/c1-15(2)8-7-9-17(5)10-19-11-18(6)20(26-19)12-25-13-28(21,27-16(3)4)14-29(22,23)24/h8,10-11,16H,7,9,12-14H2,1-6H3,(H2,22,23,24)/b17-10+. The van der Waals surface area contributed by atoms with Crippen molar-refractivity contribution in [2.24, 2.45) is 0 Å². The first-order chi connectivity index (χ1) is 13.3. The summed E-state index contributed by atoms with van der Waals surface area (Å²) in [6.07, 6.45) is 5.27. The van der Waals surface area contributed by atoms with E-state index in [1.807, 2.05) is 19.1 Å². The predicted molar refractivity (Wildman–Crippen MR) is 116 cm³/mol. The summed E-state index contributed by atoms with van der Waals surface area (Å²) in [7, 11) is -8.13. The van der Waals surface area contributed by atoms with E-state index in [0.717, 1.165) is 18.4 Å². The zero-order valence-electron chi connectivity index (χ0n) is 18.2. The van der Waals surface area contributed by atoms with Crippen LogP contribution in [0.15, 0.2) is 27.7 Å². The molecule has 0 spiro atoms. The highest BCUT2D eigenvalue weighted by molar-refractivity contribution is 7.73. The van der Waals surface area contributed by atoms with Crippen LogP contribution in [0, 0.1) is 6.92 Å². The summed E-state index contributed by atoms with van der Waals surface area (Å²) >= 11 is 0. The Labute approximate surface area is 173 Å². The van der Waals surface area contributed by atoms with E-state index in [9.17, 15) is 18.9 Å². The van der Waals surface area contributed by atoms with Crippen LogP contribution in [0.4, 0.5) is 0 Å². The maximum atomic E-state index is 12.7. The normalized spacial score (nSPS) is 14.9. The summed E-state index contributed by atoms with van der Waals surface area (Å²) in [5.41, 5.74) is 3.38. The average Bonchev–Trinajstić information content (AvgIpc) is 2.83. The van der Waals surface area contributed by atoms with Gasteiger partial charge in [-0.05, 0) is 72.1 Å². The first-order valence-corrected chi connectivity index (χ1v) is 13.4. The van der Waals surface area contributed by atoms with Crippen LogP contribution in [0.25, 0.3) is 6.08 Å². The summed E-state index contributed by atoms with van der Waals surface area (Å²) < 4.78 is 40.6. The topological polar surface area (TPSA) is 106 Å². The molecular weight excluding hydrogens is 414 g/mol. The molecule has 1 aromatic rings. The van der Waals surface area contributed by atoms with Gasteiger partial charge in [0, 0.05) is 0 Å². The third-order valence-corrected chi connectivity index (χ3v) is 8.42. The van der Waals surface area contributed by atoms with Gasteiger partial charge >= 0.3 is 7.60 Å². The third kappa shape index (κ3) is 11.1. The Hall–Kier alpha value is -0.940. The van der Waals surface area contributed by atoms with Crippen molar-refractivity contribution in [2.75, 3.05) is 12.3 Å². The van der Waals surface area contributed by atoms with Crippen LogP contribution in [0.5, 0.6) is 0 Å². The molecular formula is C20H34O7P2. The van der Waals surface area contributed by atoms with Gasteiger partial charge in [-0.25, -0.2) is 0 Å². The highest BCUT2D eigenvalue weighted by Gasteiger charge is 2.34. The second-order valence-corrected chi connectivity index (χ2v) is 12.4. The van der Waals surface area contributed by atoms with Crippen LogP contribution in [-0.2, 0) is 25.0 Å². The van der Waals surface area contributed by atoms with E-state index in [4.69, 9.17) is 13.7 Å². The van der Waals surface area contributed by atoms with Gasteiger partial charge in [-0.3, -0.25) is 9.13 Å². The number of aryl methyl sites for hydroxylation is 1. The second-order valence-electron chi connectivity index (χ2n) is 7.82. The fourth-order valence-corrected chi connectivity index (χ4v) is 6.75. The Kier molecular flexibility index (Phi) is 10.3. The first-order valence-electron chi connectivity index (χ1n) is 9.58. The van der Waals surface area contributed by atoms with Crippen molar-refractivity contribution in [1.82, 2.24) is 0 Å². The highest BCUT2D eigenvalue weighted by Crippen LogP contribution is 2.58. The fourth-order valence-electron chi connectivity index (χ4n) is 2.71. The fraction of sp³-hybridized carbons (Fsp3) is 0.600. The molecule has 0 aliphatic rings. The van der Waals surface area contributed by atoms with Gasteiger partial charge in [-0.15, -0.1) is 0 Å². The molecule has 9 heteroatoms. The molecule has 1 rings (SSSR count). The van der Waals surface area contributed by atoms with Gasteiger partial charge in [-0.2, -0.15) is 0 Å². The maximum Gasteiger partial charge on any atom is 0.335 e. The van der Waals surface area contributed by atoms with Gasteiger partial charge in [0.05, 0.1) is 6.10 Å². The second kappa shape index (κ2) is 11.5. The molecule has 1 aromatic heterocycles. The quantitative estimate of drug-likeness (QED) is 0.296. The molecule has 7 nitrogen and oxygen atoms in total. The van der Waals surface area contributed by atoms with E-state index in [1.54, 1.807) is 13.8 Å². The van der Waals surface area contributed by atoms with Gasteiger partial charge < -0.3 is 23.5 Å². The number of hydrogen-bond donors (Lipinski definition) is 2. The van der Waals surface area contributed by atoms with Crippen LogP contribution in [0.1, 0.15) is 64.5 Å². The Bertz CT molecular complexity index is 811. The molecule has 2 N–H and O–H groups in total. The summed E-state index contributed by atoms with van der Waals surface area (Å²) in [6, 6.07) is 1.91. The van der Waals surface area contributed by atoms with Crippen LogP contribution in [-0.4, -0.2) is 28.1 Å². The van der Waals surface area contributed by atoms with E-state index in [2.05, 4.69) is 26.8 Å². The molecule has 0 amide bonds. The Morgan fingerprint density at radius 3 is 2.45 bits per heavy atom. The summed E-state index contributed by atoms with van der Waals surface area (Å²) in [4.78, 5) is 18.4. The van der Waals surface area contributed by atoms with E-state index < -0.39 is 27.0 Å². The Balaban J connectivity index is 2.73. The minimum atomic E-state index is -4.50. The number of furan rings is 1. The smallest absolute Gasteiger partial charge is 0.335 e. The first kappa shape index (κ1) is 26.1. The molecule has 0 aliphatic carbocycles. The molecule has 0 aromatic carbocycles. The molecule has 166 valence electrons. The maximum absolute atomic E-state index is 12.7. The lowest BCUT2D eigenvalue weighted by Gasteiger charge is -2.21. The van der Waals surface area contributed by atoms with Crippen LogP contribution < -0.4 is 0 Å². The molecule has 0 saturated carbocycles. The lowest BCUT2D eigenvalue weighted by atomic mass is 10.1. The molecule has 0 bridgehead atoms. The van der Waals surface area contributed by atoms with Crippen LogP contribution in [0.2, 0.25) is 0 Å². The molecule has 1 atom stereocenters. The van der Waals surface area contributed by atoms with Gasteiger partial charge in [-0.1, -0.05) is 17.2 Å². The number of allylic oxidation sites excluding steroid dienone is 3. The summed E-state index contributed by atoms with van der Waals surface area (Å²) in [5.74, 6) is 0.460. The van der Waals surface area contributed by atoms with Crippen molar-refractivity contribution >= 4 is 21.0 Å². The Morgan fingerprint density at radius 1 is 1.24 bits per heavy atom. The van der Waals surface area contributed by atoms with Gasteiger partial charge in [0.15, 0.2) is 0 Å². The number of rotatable bonds is 12. The van der Waals surface area contributed by atoms with Crippen LogP contribution in [0.3, 0.4) is 0 Å². The summed E-state index contributed by atoms with van der Waals surface area (Å²) in [5, 5.41) is 0. The van der Waals surface area contributed by atoms with Crippen molar-refractivity contribution in [2.45, 2.75) is 67.1 Å². The predicted octanol–water partition coefficient (Wildman–Crippen LogP) is 6.05. The lowest BCUT2D eigenvalue weighted by Crippen LogP contribution is -2.09. The van der Waals surface area contributed by atoms with Gasteiger partial charge in [0.25, 0.3) is 0 Å². The zero-order chi connectivity index (χ0) is 22.2. The van der Waals surface area contributed by atoms with Crippen molar-refractivity contribution in [3.8, 4) is 0 Å². The Morgan fingerprint density at radius 2 is 1.90 bits per heavy atom. The minimum absolute atomic E-state index is 0.0447. The average molecular weight is 448 g/mol. The van der Waals surface area contributed by atoms with Gasteiger partial charge in [0.1, 0.15) is 30.4 Å². The third-order valence-electron chi connectivity index (χ3n) is 3.84. The molecule has 0 radical (unpaired) electrons. The molecule has 0 aliphatic heterocycles.